The molecule has 0 aliphatic rings. The van der Waals surface area contributed by atoms with Gasteiger partial charge in [-0.25, -0.2) is 0 Å². The largest absolute Gasteiger partial charge is 0.350 e. The maximum absolute atomic E-state index is 11.4. The second-order valence-corrected chi connectivity index (χ2v) is 5.56. The Morgan fingerprint density at radius 1 is 1.42 bits per heavy atom. The summed E-state index contributed by atoms with van der Waals surface area (Å²) >= 11 is 13.0. The smallest absolute Gasteiger partial charge is 0.269 e. The zero-order valence-electron chi connectivity index (χ0n) is 9.55. The number of nitrogens with zero attached hydrogens (tertiary/aromatic N) is 1. The van der Waals surface area contributed by atoms with Crippen LogP contribution in [0.15, 0.2) is 24.3 Å². The van der Waals surface area contributed by atoms with Gasteiger partial charge in [0, 0.05) is 29.0 Å². The van der Waals surface area contributed by atoms with Crippen molar-refractivity contribution in [1.82, 2.24) is 5.32 Å². The number of rotatable bonds is 6. The minimum atomic E-state index is -1.12. The van der Waals surface area contributed by atoms with Crippen LogP contribution in [0.4, 0.5) is 5.69 Å². The summed E-state index contributed by atoms with van der Waals surface area (Å²) in [6, 6.07) is 5.80. The van der Waals surface area contributed by atoms with E-state index in [9.17, 15) is 14.9 Å². The number of carbonyl (C=O) groups excluding carboxylic acids is 1. The molecule has 0 spiro atoms. The fraction of sp³-hybridized carbons (Fsp3) is 0.273. The first kappa shape index (κ1) is 16.5. The lowest BCUT2D eigenvalue weighted by Crippen LogP contribution is -2.39. The van der Waals surface area contributed by atoms with Crippen molar-refractivity contribution < 1.29 is 9.72 Å². The van der Waals surface area contributed by atoms with Crippen molar-refractivity contribution >= 4 is 57.4 Å². The van der Waals surface area contributed by atoms with Crippen LogP contribution in [-0.2, 0) is 4.79 Å². The van der Waals surface area contributed by atoms with Crippen LogP contribution in [0.2, 0.25) is 0 Å². The van der Waals surface area contributed by atoms with Crippen LogP contribution in [0.5, 0.6) is 0 Å². The van der Waals surface area contributed by atoms with Crippen molar-refractivity contribution in [2.24, 2.45) is 0 Å². The highest BCUT2D eigenvalue weighted by molar-refractivity contribution is 14.1. The van der Waals surface area contributed by atoms with Crippen molar-refractivity contribution in [1.29, 1.82) is 0 Å². The Balaban J connectivity index is 2.65. The van der Waals surface area contributed by atoms with E-state index in [1.165, 1.54) is 12.1 Å². The summed E-state index contributed by atoms with van der Waals surface area (Å²) in [5.41, 5.74) is 0.794. The van der Waals surface area contributed by atoms with Gasteiger partial charge in [-0.15, -0.1) is 0 Å². The molecule has 1 radical (unpaired) electrons. The first-order chi connectivity index (χ1) is 8.93. The van der Waals surface area contributed by atoms with Gasteiger partial charge in [0.05, 0.1) is 4.92 Å². The van der Waals surface area contributed by atoms with Gasteiger partial charge in [-0.05, 0) is 5.56 Å². The lowest BCUT2D eigenvalue weighted by Gasteiger charge is -2.16. The number of halogens is 3. The Hall–Kier alpha value is -0.600. The molecule has 1 N–H and O–H groups in total. The van der Waals surface area contributed by atoms with Gasteiger partial charge in [-0.2, -0.15) is 0 Å². The van der Waals surface area contributed by atoms with Crippen molar-refractivity contribution in [3.05, 3.63) is 46.4 Å². The summed E-state index contributed by atoms with van der Waals surface area (Å²) < 4.78 is 0.626. The van der Waals surface area contributed by atoms with Gasteiger partial charge in [0.15, 0.2) is 4.84 Å². The minimum Gasteiger partial charge on any atom is -0.350 e. The molecule has 19 heavy (non-hydrogen) atoms. The summed E-state index contributed by atoms with van der Waals surface area (Å²) in [4.78, 5) is 20.3. The molecule has 8 heteroatoms. The number of non-ortho nitro benzene ring substituents is 1. The third-order valence-corrected chi connectivity index (χ3v) is 3.53. The van der Waals surface area contributed by atoms with Gasteiger partial charge in [0.1, 0.15) is 0 Å². The molecular formula is C11H10Cl2IN2O3. The molecular weight excluding hydrogens is 406 g/mol. The second kappa shape index (κ2) is 7.86. The van der Waals surface area contributed by atoms with Crippen LogP contribution < -0.4 is 5.32 Å². The van der Waals surface area contributed by atoms with Gasteiger partial charge in [-0.1, -0.05) is 57.9 Å². The van der Waals surface area contributed by atoms with Crippen molar-refractivity contribution in [2.75, 3.05) is 4.43 Å². The zero-order valence-corrected chi connectivity index (χ0v) is 13.2. The predicted molar refractivity (Wildman–Crippen MR) is 82.8 cm³/mol. The molecule has 1 rings (SSSR count). The van der Waals surface area contributed by atoms with E-state index >= 15 is 0 Å². The molecule has 103 valence electrons. The number of benzene rings is 1. The van der Waals surface area contributed by atoms with Crippen LogP contribution in [0.1, 0.15) is 5.56 Å². The highest BCUT2D eigenvalue weighted by Gasteiger charge is 2.17. The number of nitrogens with one attached hydrogen (secondary N) is 1. The molecule has 0 fully saturated rings. The van der Waals surface area contributed by atoms with Crippen LogP contribution in [0, 0.1) is 16.5 Å². The van der Waals surface area contributed by atoms with Crippen LogP contribution in [0.3, 0.4) is 0 Å². The summed E-state index contributed by atoms with van der Waals surface area (Å²) in [7, 11) is 0. The molecule has 0 aliphatic heterocycles. The van der Waals surface area contributed by atoms with E-state index in [2.05, 4.69) is 27.9 Å². The molecule has 1 atom stereocenters. The second-order valence-electron chi connectivity index (χ2n) is 3.59. The molecule has 1 aromatic carbocycles. The number of alkyl halides is 3. The molecule has 0 aromatic heterocycles. The Bertz CT molecular complexity index is 454. The Morgan fingerprint density at radius 3 is 2.42 bits per heavy atom. The highest BCUT2D eigenvalue weighted by atomic mass is 127. The number of hydrogen-bond acceptors (Lipinski definition) is 3. The maximum Gasteiger partial charge on any atom is 0.269 e. The van der Waals surface area contributed by atoms with Gasteiger partial charge in [0.25, 0.3) is 11.6 Å². The summed E-state index contributed by atoms with van der Waals surface area (Å²) in [6.07, 6.45) is 1.78. The molecule has 1 amide bonds. The standard InChI is InChI=1S/C11H10Cl2IN2O3/c12-10(13)11(17)15-8(6-14)5-7-1-3-9(4-2-7)16(18)19/h1-5,8,10H,6H2,(H,15,17). The summed E-state index contributed by atoms with van der Waals surface area (Å²) in [5.74, 6) is -0.469. The van der Waals surface area contributed by atoms with Crippen LogP contribution in [-0.4, -0.2) is 26.1 Å². The quantitative estimate of drug-likeness (QED) is 0.336. The maximum atomic E-state index is 11.4. The van der Waals surface area contributed by atoms with E-state index in [-0.39, 0.29) is 11.7 Å². The normalized spacial score (nSPS) is 12.2. The van der Waals surface area contributed by atoms with Crippen LogP contribution in [0.25, 0.3) is 0 Å². The average Bonchev–Trinajstić information content (AvgIpc) is 2.38. The Labute approximate surface area is 133 Å². The van der Waals surface area contributed by atoms with Gasteiger partial charge >= 0.3 is 0 Å². The minimum absolute atomic E-state index is 0.0220. The number of amides is 1. The predicted octanol–water partition coefficient (Wildman–Crippen LogP) is 2.87. The van der Waals surface area contributed by atoms with Crippen molar-refractivity contribution in [3.8, 4) is 0 Å². The molecule has 0 heterocycles. The van der Waals surface area contributed by atoms with E-state index in [0.29, 0.717) is 4.43 Å². The first-order valence-corrected chi connectivity index (χ1v) is 7.57. The Morgan fingerprint density at radius 2 is 2.00 bits per heavy atom. The molecule has 1 unspecified atom stereocenters. The fourth-order valence-electron chi connectivity index (χ4n) is 1.31. The van der Waals surface area contributed by atoms with Gasteiger partial charge in [0.2, 0.25) is 0 Å². The van der Waals surface area contributed by atoms with E-state index in [1.807, 2.05) is 0 Å². The average molecular weight is 416 g/mol. The van der Waals surface area contributed by atoms with Gasteiger partial charge in [-0.3, -0.25) is 14.9 Å². The molecule has 0 aliphatic carbocycles. The zero-order chi connectivity index (χ0) is 14.4. The fourth-order valence-corrected chi connectivity index (χ4v) is 1.91. The van der Waals surface area contributed by atoms with Crippen molar-refractivity contribution in [3.63, 3.8) is 0 Å². The SMILES string of the molecule is O=C(NC([CH]c1ccc([N+](=O)[O-])cc1)CI)C(Cl)Cl. The van der Waals surface area contributed by atoms with Crippen molar-refractivity contribution in [2.45, 2.75) is 10.9 Å². The van der Waals surface area contributed by atoms with Crippen LogP contribution >= 0.6 is 45.8 Å². The molecule has 0 bridgehead atoms. The number of hydrogen-bond donors (Lipinski definition) is 1. The third-order valence-electron chi connectivity index (χ3n) is 2.19. The topological polar surface area (TPSA) is 72.2 Å². The van der Waals surface area contributed by atoms with Gasteiger partial charge < -0.3 is 5.32 Å². The summed E-state index contributed by atoms with van der Waals surface area (Å²) in [5, 5.41) is 13.2. The molecule has 0 saturated carbocycles. The molecule has 5 nitrogen and oxygen atoms in total. The number of nitro benzene ring substituents is 1. The van der Waals surface area contributed by atoms with E-state index in [1.54, 1.807) is 18.6 Å². The first-order valence-electron chi connectivity index (χ1n) is 5.18. The van der Waals surface area contributed by atoms with E-state index < -0.39 is 15.7 Å². The number of nitro groups is 1. The Kier molecular flexibility index (Phi) is 6.81. The molecule has 0 saturated heterocycles. The highest BCUT2D eigenvalue weighted by Crippen LogP contribution is 2.15. The van der Waals surface area contributed by atoms with E-state index in [4.69, 9.17) is 23.2 Å². The molecule has 1 aromatic rings. The summed E-state index contributed by atoms with van der Waals surface area (Å²) in [6.45, 7) is 0. The monoisotopic (exact) mass is 415 g/mol. The third kappa shape index (κ3) is 5.50. The lowest BCUT2D eigenvalue weighted by molar-refractivity contribution is -0.384. The lowest BCUT2D eigenvalue weighted by atomic mass is 10.1. The number of carbonyl (C=O) groups is 1. The van der Waals surface area contributed by atoms with E-state index in [0.717, 1.165) is 5.56 Å².